The Morgan fingerprint density at radius 1 is 0.944 bits per heavy atom. The molecule has 4 rings (SSSR count). The molecule has 0 spiro atoms. The smallest absolute Gasteiger partial charge is 0.269 e. The lowest BCUT2D eigenvalue weighted by molar-refractivity contribution is -0.384. The molecule has 9 nitrogen and oxygen atoms in total. The standard InChI is InChI=1S/C25H20FN3O6S/c1-33-19-12-16(13-20(34-2)22(19)35-3)24(30)28-25-27-21(14-4-8-17(26)9-5-14)23(36-25)15-6-10-18(11-7-15)29(31)32/h4-13H,1-3H3,(H,27,28,30). The summed E-state index contributed by atoms with van der Waals surface area (Å²) in [5.74, 6) is 0.120. The number of nitro benzene ring substituents is 1. The minimum absolute atomic E-state index is 0.0532. The van der Waals surface area contributed by atoms with Crippen molar-refractivity contribution in [3.63, 3.8) is 0 Å². The van der Waals surface area contributed by atoms with Gasteiger partial charge in [0.1, 0.15) is 5.82 Å². The molecular weight excluding hydrogens is 489 g/mol. The highest BCUT2D eigenvalue weighted by molar-refractivity contribution is 7.19. The zero-order valence-electron chi connectivity index (χ0n) is 19.4. The number of amides is 1. The number of non-ortho nitro benzene ring substituents is 1. The summed E-state index contributed by atoms with van der Waals surface area (Å²) < 4.78 is 29.5. The predicted octanol–water partition coefficient (Wildman–Crippen LogP) is 5.80. The number of nitrogens with zero attached hydrogens (tertiary/aromatic N) is 2. The average molecular weight is 510 g/mol. The zero-order valence-corrected chi connectivity index (χ0v) is 20.2. The van der Waals surface area contributed by atoms with Crippen LogP contribution in [-0.4, -0.2) is 37.1 Å². The number of hydrogen-bond acceptors (Lipinski definition) is 8. The third-order valence-corrected chi connectivity index (χ3v) is 6.25. The molecule has 0 bridgehead atoms. The molecule has 0 radical (unpaired) electrons. The van der Waals surface area contributed by atoms with E-state index in [4.69, 9.17) is 14.2 Å². The van der Waals surface area contributed by atoms with E-state index in [2.05, 4.69) is 10.3 Å². The normalized spacial score (nSPS) is 10.6. The Labute approximate surface area is 209 Å². The van der Waals surface area contributed by atoms with Crippen LogP contribution in [0.5, 0.6) is 17.2 Å². The Balaban J connectivity index is 1.73. The quantitative estimate of drug-likeness (QED) is 0.236. The number of benzene rings is 3. The van der Waals surface area contributed by atoms with Gasteiger partial charge in [-0.15, -0.1) is 0 Å². The summed E-state index contributed by atoms with van der Waals surface area (Å²) in [6.45, 7) is 0. The second-order valence-electron chi connectivity index (χ2n) is 7.38. The Morgan fingerprint density at radius 2 is 1.53 bits per heavy atom. The number of aromatic nitrogens is 1. The van der Waals surface area contributed by atoms with E-state index in [0.717, 1.165) is 0 Å². The molecule has 0 unspecified atom stereocenters. The number of rotatable bonds is 8. The molecule has 1 amide bonds. The lowest BCUT2D eigenvalue weighted by Gasteiger charge is -2.13. The number of ether oxygens (including phenoxy) is 3. The maximum atomic E-state index is 13.5. The highest BCUT2D eigenvalue weighted by Crippen LogP contribution is 2.41. The summed E-state index contributed by atoms with van der Waals surface area (Å²) in [4.78, 5) is 28.9. The lowest BCUT2D eigenvalue weighted by Crippen LogP contribution is -2.12. The van der Waals surface area contributed by atoms with Gasteiger partial charge in [0.2, 0.25) is 5.75 Å². The number of nitrogens with one attached hydrogen (secondary N) is 1. The van der Waals surface area contributed by atoms with Gasteiger partial charge in [0, 0.05) is 23.3 Å². The average Bonchev–Trinajstić information content (AvgIpc) is 3.31. The highest BCUT2D eigenvalue weighted by atomic mass is 32.1. The van der Waals surface area contributed by atoms with Gasteiger partial charge < -0.3 is 14.2 Å². The van der Waals surface area contributed by atoms with Gasteiger partial charge in [0.05, 0.1) is 36.8 Å². The predicted molar refractivity (Wildman–Crippen MR) is 134 cm³/mol. The Kier molecular flexibility index (Phi) is 7.11. The van der Waals surface area contributed by atoms with Gasteiger partial charge in [-0.05, 0) is 54.1 Å². The molecule has 1 aromatic heterocycles. The highest BCUT2D eigenvalue weighted by Gasteiger charge is 2.21. The summed E-state index contributed by atoms with van der Waals surface area (Å²) in [6.07, 6.45) is 0. The first-order chi connectivity index (χ1) is 17.3. The number of hydrogen-bond donors (Lipinski definition) is 1. The molecule has 1 N–H and O–H groups in total. The topological polar surface area (TPSA) is 113 Å². The van der Waals surface area contributed by atoms with Gasteiger partial charge in [-0.2, -0.15) is 0 Å². The summed E-state index contributed by atoms with van der Waals surface area (Å²) in [5.41, 5.74) is 1.97. The number of halogens is 1. The van der Waals surface area contributed by atoms with Crippen molar-refractivity contribution in [1.29, 1.82) is 0 Å². The number of carbonyl (C=O) groups excluding carboxylic acids is 1. The van der Waals surface area contributed by atoms with E-state index >= 15 is 0 Å². The van der Waals surface area contributed by atoms with E-state index in [1.165, 1.54) is 69.1 Å². The molecule has 1 heterocycles. The SMILES string of the molecule is COc1cc(C(=O)Nc2nc(-c3ccc(F)cc3)c(-c3ccc([N+](=O)[O-])cc3)s2)cc(OC)c1OC. The molecular formula is C25H20FN3O6S. The van der Waals surface area contributed by atoms with E-state index < -0.39 is 16.6 Å². The van der Waals surface area contributed by atoms with Crippen molar-refractivity contribution in [3.05, 3.63) is 82.2 Å². The van der Waals surface area contributed by atoms with Crippen molar-refractivity contribution < 1.29 is 28.3 Å². The van der Waals surface area contributed by atoms with Crippen LogP contribution in [0.4, 0.5) is 15.2 Å². The molecule has 0 fully saturated rings. The molecule has 0 saturated heterocycles. The van der Waals surface area contributed by atoms with E-state index in [-0.39, 0.29) is 16.4 Å². The van der Waals surface area contributed by atoms with Crippen LogP contribution in [0.1, 0.15) is 10.4 Å². The van der Waals surface area contributed by atoms with Crippen LogP contribution in [0.3, 0.4) is 0 Å². The van der Waals surface area contributed by atoms with Crippen molar-refractivity contribution in [2.75, 3.05) is 26.6 Å². The molecule has 36 heavy (non-hydrogen) atoms. The number of carbonyl (C=O) groups is 1. The van der Waals surface area contributed by atoms with Crippen molar-refractivity contribution >= 4 is 28.1 Å². The van der Waals surface area contributed by atoms with Crippen LogP contribution in [0, 0.1) is 15.9 Å². The third-order valence-electron chi connectivity index (χ3n) is 5.23. The number of nitro groups is 1. The fourth-order valence-electron chi connectivity index (χ4n) is 3.49. The lowest BCUT2D eigenvalue weighted by atomic mass is 10.1. The molecule has 184 valence electrons. The van der Waals surface area contributed by atoms with Gasteiger partial charge in [0.25, 0.3) is 11.6 Å². The van der Waals surface area contributed by atoms with Crippen molar-refractivity contribution in [2.45, 2.75) is 0 Å². The van der Waals surface area contributed by atoms with E-state index in [9.17, 15) is 19.3 Å². The molecule has 0 saturated carbocycles. The summed E-state index contributed by atoms with van der Waals surface area (Å²) in [5, 5.41) is 14.1. The first-order valence-corrected chi connectivity index (χ1v) is 11.3. The minimum Gasteiger partial charge on any atom is -0.493 e. The molecule has 3 aromatic carbocycles. The second kappa shape index (κ2) is 10.4. The van der Waals surface area contributed by atoms with Crippen LogP contribution in [0.2, 0.25) is 0 Å². The zero-order chi connectivity index (χ0) is 25.8. The Hall–Kier alpha value is -4.51. The molecule has 0 aliphatic carbocycles. The van der Waals surface area contributed by atoms with E-state index in [0.29, 0.717) is 38.9 Å². The fraction of sp³-hybridized carbons (Fsp3) is 0.120. The first-order valence-electron chi connectivity index (χ1n) is 10.5. The van der Waals surface area contributed by atoms with Gasteiger partial charge >= 0.3 is 0 Å². The van der Waals surface area contributed by atoms with Crippen LogP contribution in [0.15, 0.2) is 60.7 Å². The molecule has 0 aliphatic heterocycles. The van der Waals surface area contributed by atoms with Gasteiger partial charge in [0.15, 0.2) is 16.6 Å². The number of thiazole rings is 1. The van der Waals surface area contributed by atoms with E-state index in [1.807, 2.05) is 0 Å². The third kappa shape index (κ3) is 4.96. The maximum absolute atomic E-state index is 13.5. The minimum atomic E-state index is -0.486. The van der Waals surface area contributed by atoms with Crippen LogP contribution in [-0.2, 0) is 0 Å². The second-order valence-corrected chi connectivity index (χ2v) is 8.37. The van der Waals surface area contributed by atoms with E-state index in [1.54, 1.807) is 24.3 Å². The van der Waals surface area contributed by atoms with Crippen LogP contribution < -0.4 is 19.5 Å². The molecule has 4 aromatic rings. The number of methoxy groups -OCH3 is 3. The van der Waals surface area contributed by atoms with Crippen LogP contribution in [0.25, 0.3) is 21.7 Å². The van der Waals surface area contributed by atoms with Gasteiger partial charge in [-0.3, -0.25) is 20.2 Å². The largest absolute Gasteiger partial charge is 0.493 e. The fourth-order valence-corrected chi connectivity index (χ4v) is 4.48. The molecule has 0 atom stereocenters. The van der Waals surface area contributed by atoms with Gasteiger partial charge in [-0.1, -0.05) is 11.3 Å². The Morgan fingerprint density at radius 3 is 2.06 bits per heavy atom. The maximum Gasteiger partial charge on any atom is 0.269 e. The van der Waals surface area contributed by atoms with Crippen molar-refractivity contribution in [3.8, 4) is 38.9 Å². The summed E-state index contributed by atoms with van der Waals surface area (Å²) >= 11 is 1.18. The Bertz CT molecular complexity index is 1400. The monoisotopic (exact) mass is 509 g/mol. The van der Waals surface area contributed by atoms with Crippen LogP contribution >= 0.6 is 11.3 Å². The molecule has 11 heteroatoms. The van der Waals surface area contributed by atoms with Crippen molar-refractivity contribution in [1.82, 2.24) is 4.98 Å². The summed E-state index contributed by atoms with van der Waals surface area (Å²) in [6, 6.07) is 14.8. The first kappa shape index (κ1) is 24.6. The molecule has 0 aliphatic rings. The number of anilines is 1. The summed E-state index contributed by atoms with van der Waals surface area (Å²) in [7, 11) is 4.36. The van der Waals surface area contributed by atoms with Crippen molar-refractivity contribution in [2.24, 2.45) is 0 Å². The van der Waals surface area contributed by atoms with Gasteiger partial charge in [-0.25, -0.2) is 9.37 Å².